The van der Waals surface area contributed by atoms with Crippen LogP contribution in [-0.2, 0) is 4.79 Å². The molecule has 46 heavy (non-hydrogen) atoms. The van der Waals surface area contributed by atoms with Crippen molar-refractivity contribution < 1.29 is 25.2 Å². The Morgan fingerprint density at radius 2 is 0.761 bits per heavy atom. The fourth-order valence-electron chi connectivity index (χ4n) is 6.51. The first-order chi connectivity index (χ1) is 22.5. The van der Waals surface area contributed by atoms with Gasteiger partial charge >= 0.3 is 0 Å². The number of hydrogen-bond donors (Lipinski definition) is 5. The van der Waals surface area contributed by atoms with Crippen LogP contribution >= 0.6 is 0 Å². The number of carbonyl (C=O) groups is 1. The smallest absolute Gasteiger partial charge is 0.249 e. The molecule has 5 N–H and O–H groups in total. The van der Waals surface area contributed by atoms with E-state index in [-0.39, 0.29) is 0 Å². The Balaban J connectivity index is 3.40. The number of unbranched alkanes of at least 4 members (excludes halogenated alkanes) is 28. The van der Waals surface area contributed by atoms with Crippen LogP contribution in [0.2, 0.25) is 0 Å². The molecule has 0 aliphatic rings. The topological polar surface area (TPSA) is 110 Å². The van der Waals surface area contributed by atoms with Crippen LogP contribution in [0.25, 0.3) is 0 Å². The Kier molecular flexibility index (Phi) is 35.1. The minimum absolute atomic E-state index is 0.373. The molecule has 4 atom stereocenters. The highest BCUT2D eigenvalue weighted by atomic mass is 16.3. The van der Waals surface area contributed by atoms with E-state index < -0.39 is 36.9 Å². The lowest BCUT2D eigenvalue weighted by Gasteiger charge is -2.27. The second-order valence-corrected chi connectivity index (χ2v) is 14.3. The Morgan fingerprint density at radius 1 is 0.457 bits per heavy atom. The highest BCUT2D eigenvalue weighted by Gasteiger charge is 2.28. The fourth-order valence-corrected chi connectivity index (χ4v) is 6.51. The van der Waals surface area contributed by atoms with Crippen molar-refractivity contribution in [3.05, 3.63) is 0 Å². The zero-order valence-corrected chi connectivity index (χ0v) is 30.8. The van der Waals surface area contributed by atoms with Gasteiger partial charge in [0.2, 0.25) is 5.91 Å². The molecule has 0 heterocycles. The van der Waals surface area contributed by atoms with Gasteiger partial charge < -0.3 is 25.7 Å². The maximum atomic E-state index is 12.3. The molecule has 0 aliphatic carbocycles. The molecule has 0 rings (SSSR count). The number of nitrogens with one attached hydrogen (secondary N) is 1. The van der Waals surface area contributed by atoms with E-state index in [4.69, 9.17) is 0 Å². The predicted molar refractivity (Wildman–Crippen MR) is 196 cm³/mol. The summed E-state index contributed by atoms with van der Waals surface area (Å²) in [7, 11) is 0. The molecule has 0 fully saturated rings. The molecule has 1 amide bonds. The molecule has 0 radical (unpaired) electrons. The highest BCUT2D eigenvalue weighted by molar-refractivity contribution is 5.80. The minimum Gasteiger partial charge on any atom is -0.394 e. The summed E-state index contributed by atoms with van der Waals surface area (Å²) in [4.78, 5) is 12.3. The van der Waals surface area contributed by atoms with Crippen LogP contribution in [-0.4, -0.2) is 57.3 Å². The van der Waals surface area contributed by atoms with E-state index in [1.807, 2.05) is 6.92 Å². The molecule has 276 valence electrons. The summed E-state index contributed by atoms with van der Waals surface area (Å²) >= 11 is 0. The summed E-state index contributed by atoms with van der Waals surface area (Å²) in [6.07, 6.45) is 37.0. The average molecular weight is 656 g/mol. The normalized spacial score (nSPS) is 14.3. The van der Waals surface area contributed by atoms with Crippen LogP contribution in [0.3, 0.4) is 0 Å². The lowest BCUT2D eigenvalue weighted by molar-refractivity contribution is -0.132. The molecular weight excluding hydrogens is 574 g/mol. The summed E-state index contributed by atoms with van der Waals surface area (Å²) < 4.78 is 0. The summed E-state index contributed by atoms with van der Waals surface area (Å²) in [6, 6.07) is -0.974. The van der Waals surface area contributed by atoms with Gasteiger partial charge in [0.15, 0.2) is 0 Å². The molecule has 0 aromatic carbocycles. The van der Waals surface area contributed by atoms with E-state index >= 15 is 0 Å². The second kappa shape index (κ2) is 35.6. The van der Waals surface area contributed by atoms with Gasteiger partial charge in [0.1, 0.15) is 12.2 Å². The molecule has 6 nitrogen and oxygen atoms in total. The van der Waals surface area contributed by atoms with Crippen molar-refractivity contribution in [2.45, 2.75) is 244 Å². The van der Waals surface area contributed by atoms with E-state index in [2.05, 4.69) is 12.2 Å². The van der Waals surface area contributed by atoms with Crippen molar-refractivity contribution in [1.82, 2.24) is 5.32 Å². The van der Waals surface area contributed by atoms with Crippen LogP contribution in [0.1, 0.15) is 219 Å². The SMILES string of the molecule is CCCCCCCCCCCCCCCCCCCCCCCCCCCCCCC(O)C(=O)NC(CO)C(O)C(O)CCCC. The first-order valence-electron chi connectivity index (χ1n) is 20.4. The number of aliphatic hydroxyl groups is 4. The summed E-state index contributed by atoms with van der Waals surface area (Å²) in [5.74, 6) is -0.592. The van der Waals surface area contributed by atoms with E-state index in [0.717, 1.165) is 32.1 Å². The molecule has 4 unspecified atom stereocenters. The van der Waals surface area contributed by atoms with Gasteiger partial charge in [0, 0.05) is 0 Å². The zero-order chi connectivity index (χ0) is 33.9. The summed E-state index contributed by atoms with van der Waals surface area (Å²) in [5, 5.41) is 42.5. The Hall–Kier alpha value is -0.690. The van der Waals surface area contributed by atoms with Gasteiger partial charge in [-0.2, -0.15) is 0 Å². The van der Waals surface area contributed by atoms with Gasteiger partial charge in [-0.15, -0.1) is 0 Å². The van der Waals surface area contributed by atoms with Crippen LogP contribution in [0.5, 0.6) is 0 Å². The van der Waals surface area contributed by atoms with Crippen molar-refractivity contribution in [1.29, 1.82) is 0 Å². The van der Waals surface area contributed by atoms with Gasteiger partial charge in [0.05, 0.1) is 18.8 Å². The molecular formula is C40H81NO5. The molecule has 0 aliphatic heterocycles. The van der Waals surface area contributed by atoms with Crippen molar-refractivity contribution in [2.24, 2.45) is 0 Å². The average Bonchev–Trinajstić information content (AvgIpc) is 3.06. The number of carbonyl (C=O) groups excluding carboxylic acids is 1. The number of hydrogen-bond acceptors (Lipinski definition) is 5. The minimum atomic E-state index is -1.25. The number of rotatable bonds is 37. The van der Waals surface area contributed by atoms with Crippen molar-refractivity contribution in [3.8, 4) is 0 Å². The summed E-state index contributed by atoms with van der Waals surface area (Å²) in [6.45, 7) is 3.80. The monoisotopic (exact) mass is 656 g/mol. The lowest BCUT2D eigenvalue weighted by Crippen LogP contribution is -2.53. The number of aliphatic hydroxyl groups excluding tert-OH is 4. The van der Waals surface area contributed by atoms with Crippen molar-refractivity contribution >= 4 is 5.91 Å². The van der Waals surface area contributed by atoms with Crippen LogP contribution in [0.15, 0.2) is 0 Å². The van der Waals surface area contributed by atoms with Crippen LogP contribution < -0.4 is 5.32 Å². The predicted octanol–water partition coefficient (Wildman–Crippen LogP) is 10.1. The van der Waals surface area contributed by atoms with Gasteiger partial charge in [-0.05, 0) is 12.8 Å². The van der Waals surface area contributed by atoms with E-state index in [1.165, 1.54) is 161 Å². The molecule has 6 heteroatoms. The lowest BCUT2D eigenvalue weighted by atomic mass is 10.0. The Bertz CT molecular complexity index is 618. The Morgan fingerprint density at radius 3 is 1.07 bits per heavy atom. The number of amides is 1. The maximum absolute atomic E-state index is 12.3. The van der Waals surface area contributed by atoms with Crippen molar-refractivity contribution in [3.63, 3.8) is 0 Å². The third kappa shape index (κ3) is 29.4. The van der Waals surface area contributed by atoms with E-state index in [9.17, 15) is 25.2 Å². The third-order valence-electron chi connectivity index (χ3n) is 9.82. The maximum Gasteiger partial charge on any atom is 0.249 e. The van der Waals surface area contributed by atoms with E-state index in [1.54, 1.807) is 0 Å². The van der Waals surface area contributed by atoms with Crippen LogP contribution in [0.4, 0.5) is 0 Å². The highest BCUT2D eigenvalue weighted by Crippen LogP contribution is 2.17. The van der Waals surface area contributed by atoms with E-state index in [0.29, 0.717) is 12.8 Å². The van der Waals surface area contributed by atoms with Crippen molar-refractivity contribution in [2.75, 3.05) is 6.61 Å². The fraction of sp³-hybridized carbons (Fsp3) is 0.975. The zero-order valence-electron chi connectivity index (χ0n) is 30.8. The second-order valence-electron chi connectivity index (χ2n) is 14.3. The summed E-state index contributed by atoms with van der Waals surface area (Å²) in [5.41, 5.74) is 0. The quantitative estimate of drug-likeness (QED) is 0.0428. The third-order valence-corrected chi connectivity index (χ3v) is 9.82. The molecule has 0 bridgehead atoms. The van der Waals surface area contributed by atoms with Gasteiger partial charge in [0.25, 0.3) is 0 Å². The standard InChI is InChI=1S/C40H81NO5/c1-3-5-7-8-9-10-11-12-13-14-15-16-17-18-19-20-21-22-23-24-25-26-27-28-29-30-31-32-34-38(44)40(46)41-36(35-42)39(45)37(43)33-6-4-2/h36-39,42-45H,3-35H2,1-2H3,(H,41,46). The Labute approximate surface area is 286 Å². The molecule has 0 aromatic heterocycles. The first-order valence-corrected chi connectivity index (χ1v) is 20.4. The molecule has 0 spiro atoms. The molecule has 0 saturated carbocycles. The van der Waals surface area contributed by atoms with Gasteiger partial charge in [-0.1, -0.05) is 206 Å². The largest absolute Gasteiger partial charge is 0.394 e. The molecule has 0 aromatic rings. The van der Waals surface area contributed by atoms with Gasteiger partial charge in [-0.25, -0.2) is 0 Å². The first kappa shape index (κ1) is 45.3. The molecule has 0 saturated heterocycles. The van der Waals surface area contributed by atoms with Gasteiger partial charge in [-0.3, -0.25) is 4.79 Å². The van der Waals surface area contributed by atoms with Crippen LogP contribution in [0, 0.1) is 0 Å².